The molecule has 1 atom stereocenters. The van der Waals surface area contributed by atoms with Gasteiger partial charge in [-0.15, -0.1) is 11.6 Å². The molecule has 1 saturated heterocycles. The van der Waals surface area contributed by atoms with Crippen molar-refractivity contribution in [3.8, 4) is 0 Å². The van der Waals surface area contributed by atoms with E-state index in [1.54, 1.807) is 0 Å². The van der Waals surface area contributed by atoms with Gasteiger partial charge in [0.15, 0.2) is 0 Å². The fraction of sp³-hybridized carbons (Fsp3) is 1.00. The molecule has 0 aromatic heterocycles. The second-order valence-electron chi connectivity index (χ2n) is 4.44. The molecule has 0 saturated carbocycles. The van der Waals surface area contributed by atoms with Gasteiger partial charge in [-0.2, -0.15) is 0 Å². The summed E-state index contributed by atoms with van der Waals surface area (Å²) in [6.07, 6.45) is 5.08. The maximum Gasteiger partial charge on any atom is 0.0580 e. The fourth-order valence-corrected chi connectivity index (χ4v) is 1.92. The number of alkyl halides is 1. The van der Waals surface area contributed by atoms with Crippen LogP contribution >= 0.6 is 11.6 Å². The summed E-state index contributed by atoms with van der Waals surface area (Å²) >= 11 is 5.64. The van der Waals surface area contributed by atoms with Crippen molar-refractivity contribution in [3.63, 3.8) is 0 Å². The molecule has 0 radical (unpaired) electrons. The molecule has 1 aliphatic heterocycles. The van der Waals surface area contributed by atoms with Crippen LogP contribution in [0.2, 0.25) is 0 Å². The second kappa shape index (κ2) is 4.48. The lowest BCUT2D eigenvalue weighted by atomic mass is 9.81. The van der Waals surface area contributed by atoms with E-state index in [0.717, 1.165) is 25.3 Å². The normalized spacial score (nSPS) is 28.8. The summed E-state index contributed by atoms with van der Waals surface area (Å²) in [4.78, 5) is 0. The second-order valence-corrected chi connectivity index (χ2v) is 4.82. The average molecular weight is 191 g/mol. The molecule has 72 valence electrons. The molecule has 2 heteroatoms. The molecule has 1 fully saturated rings. The van der Waals surface area contributed by atoms with E-state index in [1.807, 2.05) is 0 Å². The monoisotopic (exact) mass is 190 g/mol. The van der Waals surface area contributed by atoms with Crippen molar-refractivity contribution >= 4 is 11.6 Å². The minimum absolute atomic E-state index is 0.465. The highest BCUT2D eigenvalue weighted by Crippen LogP contribution is 2.33. The van der Waals surface area contributed by atoms with E-state index in [2.05, 4.69) is 13.8 Å². The minimum atomic E-state index is 0.465. The van der Waals surface area contributed by atoms with Gasteiger partial charge < -0.3 is 4.74 Å². The summed E-state index contributed by atoms with van der Waals surface area (Å²) in [5.74, 6) is 0.764. The van der Waals surface area contributed by atoms with Gasteiger partial charge in [0, 0.05) is 12.5 Å². The summed E-state index contributed by atoms with van der Waals surface area (Å²) in [6.45, 7) is 5.58. The first kappa shape index (κ1) is 10.3. The number of hydrogen-bond acceptors (Lipinski definition) is 1. The highest BCUT2D eigenvalue weighted by molar-refractivity contribution is 6.17. The SMILES string of the molecule is CC1(C)CCOC(CCCCl)C1. The zero-order chi connectivity index (χ0) is 9.03. The summed E-state index contributed by atoms with van der Waals surface area (Å²) in [7, 11) is 0. The van der Waals surface area contributed by atoms with Crippen LogP contribution in [0.15, 0.2) is 0 Å². The van der Waals surface area contributed by atoms with E-state index in [0.29, 0.717) is 11.5 Å². The summed E-state index contributed by atoms with van der Waals surface area (Å²) in [5, 5.41) is 0. The average Bonchev–Trinajstić information content (AvgIpc) is 1.99. The number of rotatable bonds is 3. The zero-order valence-corrected chi connectivity index (χ0v) is 8.86. The van der Waals surface area contributed by atoms with E-state index in [4.69, 9.17) is 16.3 Å². The molecule has 0 N–H and O–H groups in total. The number of halogens is 1. The Bertz CT molecular complexity index is 134. The Labute approximate surface area is 80.4 Å². The third-order valence-corrected chi connectivity index (χ3v) is 2.84. The van der Waals surface area contributed by atoms with Gasteiger partial charge >= 0.3 is 0 Å². The van der Waals surface area contributed by atoms with Crippen molar-refractivity contribution in [1.82, 2.24) is 0 Å². The number of ether oxygens (including phenoxy) is 1. The highest BCUT2D eigenvalue weighted by Gasteiger charge is 2.27. The first-order valence-corrected chi connectivity index (χ1v) is 5.35. The largest absolute Gasteiger partial charge is 0.378 e. The maximum absolute atomic E-state index is 5.66. The molecule has 0 aromatic rings. The minimum Gasteiger partial charge on any atom is -0.378 e. The molecular formula is C10H19ClO. The molecule has 12 heavy (non-hydrogen) atoms. The van der Waals surface area contributed by atoms with Crippen molar-refractivity contribution in [2.24, 2.45) is 5.41 Å². The smallest absolute Gasteiger partial charge is 0.0580 e. The Morgan fingerprint density at radius 3 is 2.83 bits per heavy atom. The van der Waals surface area contributed by atoms with E-state index in [9.17, 15) is 0 Å². The van der Waals surface area contributed by atoms with Crippen molar-refractivity contribution in [1.29, 1.82) is 0 Å². The van der Waals surface area contributed by atoms with E-state index >= 15 is 0 Å². The van der Waals surface area contributed by atoms with Crippen LogP contribution in [0.4, 0.5) is 0 Å². The van der Waals surface area contributed by atoms with Crippen LogP contribution in [0.1, 0.15) is 39.5 Å². The van der Waals surface area contributed by atoms with Gasteiger partial charge in [0.25, 0.3) is 0 Å². The van der Waals surface area contributed by atoms with Crippen molar-refractivity contribution < 1.29 is 4.74 Å². The van der Waals surface area contributed by atoms with Crippen LogP contribution in [0.3, 0.4) is 0 Å². The molecular weight excluding hydrogens is 172 g/mol. The Morgan fingerprint density at radius 2 is 2.25 bits per heavy atom. The zero-order valence-electron chi connectivity index (χ0n) is 8.11. The molecule has 1 unspecified atom stereocenters. The quantitative estimate of drug-likeness (QED) is 0.621. The van der Waals surface area contributed by atoms with Gasteiger partial charge in [-0.05, 0) is 31.1 Å². The first-order valence-electron chi connectivity index (χ1n) is 4.82. The van der Waals surface area contributed by atoms with Crippen molar-refractivity contribution in [2.45, 2.75) is 45.6 Å². The Kier molecular flexibility index (Phi) is 3.85. The van der Waals surface area contributed by atoms with Crippen LogP contribution in [0.5, 0.6) is 0 Å². The van der Waals surface area contributed by atoms with Crippen molar-refractivity contribution in [3.05, 3.63) is 0 Å². The van der Waals surface area contributed by atoms with Gasteiger partial charge in [0.1, 0.15) is 0 Å². The molecule has 0 bridgehead atoms. The summed E-state index contributed by atoms with van der Waals surface area (Å²) in [6, 6.07) is 0. The molecule has 1 nitrogen and oxygen atoms in total. The van der Waals surface area contributed by atoms with Gasteiger partial charge in [0.2, 0.25) is 0 Å². The van der Waals surface area contributed by atoms with Gasteiger partial charge in [-0.1, -0.05) is 13.8 Å². The van der Waals surface area contributed by atoms with Crippen LogP contribution < -0.4 is 0 Å². The Morgan fingerprint density at radius 1 is 1.50 bits per heavy atom. The predicted molar refractivity (Wildman–Crippen MR) is 52.7 cm³/mol. The van der Waals surface area contributed by atoms with Crippen LogP contribution in [-0.2, 0) is 4.74 Å². The van der Waals surface area contributed by atoms with E-state index < -0.39 is 0 Å². The Hall–Kier alpha value is 0.250. The van der Waals surface area contributed by atoms with Crippen LogP contribution in [0, 0.1) is 5.41 Å². The fourth-order valence-electron chi connectivity index (χ4n) is 1.77. The predicted octanol–water partition coefficient (Wildman–Crippen LogP) is 3.21. The topological polar surface area (TPSA) is 9.23 Å². The van der Waals surface area contributed by atoms with Gasteiger partial charge in [-0.25, -0.2) is 0 Å². The van der Waals surface area contributed by atoms with Crippen LogP contribution in [-0.4, -0.2) is 18.6 Å². The molecule has 0 aliphatic carbocycles. The summed E-state index contributed by atoms with van der Waals surface area (Å²) < 4.78 is 5.66. The van der Waals surface area contributed by atoms with E-state index in [1.165, 1.54) is 12.8 Å². The van der Waals surface area contributed by atoms with Crippen LogP contribution in [0.25, 0.3) is 0 Å². The molecule has 0 spiro atoms. The maximum atomic E-state index is 5.66. The van der Waals surface area contributed by atoms with E-state index in [-0.39, 0.29) is 0 Å². The molecule has 1 heterocycles. The molecule has 0 amide bonds. The summed E-state index contributed by atoms with van der Waals surface area (Å²) in [5.41, 5.74) is 0.481. The third kappa shape index (κ3) is 3.32. The van der Waals surface area contributed by atoms with Gasteiger partial charge in [-0.3, -0.25) is 0 Å². The first-order chi connectivity index (χ1) is 5.64. The van der Waals surface area contributed by atoms with Crippen molar-refractivity contribution in [2.75, 3.05) is 12.5 Å². The molecule has 1 rings (SSSR count). The third-order valence-electron chi connectivity index (χ3n) is 2.57. The van der Waals surface area contributed by atoms with Gasteiger partial charge in [0.05, 0.1) is 6.10 Å². The standard InChI is InChI=1S/C10H19ClO/c1-10(2)5-7-12-9(8-10)4-3-6-11/h9H,3-8H2,1-2H3. The lowest BCUT2D eigenvalue weighted by molar-refractivity contribution is -0.0393. The lowest BCUT2D eigenvalue weighted by Gasteiger charge is -2.35. The number of hydrogen-bond donors (Lipinski definition) is 0. The Balaban J connectivity index is 2.26. The lowest BCUT2D eigenvalue weighted by Crippen LogP contribution is -2.31. The highest BCUT2D eigenvalue weighted by atomic mass is 35.5. The molecule has 1 aliphatic rings. The molecule has 0 aromatic carbocycles.